The van der Waals surface area contributed by atoms with Gasteiger partial charge in [0.2, 0.25) is 0 Å². The highest BCUT2D eigenvalue weighted by Gasteiger charge is 2.33. The summed E-state index contributed by atoms with van der Waals surface area (Å²) >= 11 is 11.1. The van der Waals surface area contributed by atoms with Gasteiger partial charge in [-0.05, 0) is 31.4 Å². The summed E-state index contributed by atoms with van der Waals surface area (Å²) in [5.41, 5.74) is 0.902. The van der Waals surface area contributed by atoms with Crippen LogP contribution in [0.5, 0.6) is 0 Å². The van der Waals surface area contributed by atoms with Crippen molar-refractivity contribution in [3.63, 3.8) is 0 Å². The van der Waals surface area contributed by atoms with Gasteiger partial charge in [0.25, 0.3) is 0 Å². The third kappa shape index (κ3) is 4.02. The fourth-order valence-corrected chi connectivity index (χ4v) is 3.50. The number of aromatic nitrogens is 2. The number of alkyl halides is 2. The number of morpholine rings is 1. The molecule has 140 valence electrons. The van der Waals surface area contributed by atoms with Gasteiger partial charge in [-0.15, -0.1) is 0 Å². The molecule has 1 aliphatic heterocycles. The van der Waals surface area contributed by atoms with Crippen LogP contribution in [0.3, 0.4) is 0 Å². The highest BCUT2D eigenvalue weighted by molar-refractivity contribution is 7.80. The average molecular weight is 404 g/mol. The summed E-state index contributed by atoms with van der Waals surface area (Å²) < 4.78 is 45.7. The van der Waals surface area contributed by atoms with Crippen molar-refractivity contribution in [2.24, 2.45) is 0 Å². The zero-order chi connectivity index (χ0) is 18.9. The van der Waals surface area contributed by atoms with Crippen molar-refractivity contribution in [3.8, 4) is 0 Å². The number of ether oxygens (including phenoxy) is 1. The molecule has 2 aromatic rings. The van der Waals surface area contributed by atoms with Crippen molar-refractivity contribution >= 4 is 28.8 Å². The summed E-state index contributed by atoms with van der Waals surface area (Å²) in [5, 5.41) is 7.10. The van der Waals surface area contributed by atoms with Gasteiger partial charge in [-0.25, -0.2) is 9.07 Å². The van der Waals surface area contributed by atoms with Gasteiger partial charge in [-0.3, -0.25) is 0 Å². The molecule has 9 heteroatoms. The Morgan fingerprint density at radius 1 is 1.42 bits per heavy atom. The average Bonchev–Trinajstić information content (AvgIpc) is 2.95. The molecule has 0 radical (unpaired) electrons. The molecule has 1 aromatic heterocycles. The second-order valence-corrected chi connectivity index (χ2v) is 7.27. The minimum absolute atomic E-state index is 0.187. The fourth-order valence-electron chi connectivity index (χ4n) is 2.96. The van der Waals surface area contributed by atoms with Crippen molar-refractivity contribution in [2.45, 2.75) is 31.9 Å². The monoisotopic (exact) mass is 403 g/mol. The first-order chi connectivity index (χ1) is 12.3. The highest BCUT2D eigenvalue weighted by Crippen LogP contribution is 2.28. The van der Waals surface area contributed by atoms with Crippen LogP contribution in [0.25, 0.3) is 0 Å². The summed E-state index contributed by atoms with van der Waals surface area (Å²) in [4.78, 5) is 0.521. The van der Waals surface area contributed by atoms with Gasteiger partial charge in [-0.2, -0.15) is 13.9 Å². The standard InChI is InChI=1S/C17H17ClF3N3OS/c1-17(9-25-8-15(26)22-17)11-6-10(2-4-13(11)19)3-5-14-12(18)7-24(23-14)16(20)21/h2,4,6-7,16H,3,5,8-9H2,1H3,(H,22,26)/t17-/m0/s1. The molecule has 2 heterocycles. The number of nitrogens with zero attached hydrogens (tertiary/aromatic N) is 2. The van der Waals surface area contributed by atoms with Crippen molar-refractivity contribution in [1.29, 1.82) is 0 Å². The summed E-state index contributed by atoms with van der Waals surface area (Å²) in [7, 11) is 0. The van der Waals surface area contributed by atoms with E-state index in [-0.39, 0.29) is 17.4 Å². The second kappa shape index (κ2) is 7.54. The molecule has 1 N–H and O–H groups in total. The van der Waals surface area contributed by atoms with E-state index in [1.54, 1.807) is 12.1 Å². The number of rotatable bonds is 5. The first-order valence-electron chi connectivity index (χ1n) is 7.98. The predicted molar refractivity (Wildman–Crippen MR) is 96.2 cm³/mol. The number of hydrogen-bond acceptors (Lipinski definition) is 3. The predicted octanol–water partition coefficient (Wildman–Crippen LogP) is 4.02. The lowest BCUT2D eigenvalue weighted by Crippen LogP contribution is -2.52. The molecule has 1 aliphatic rings. The van der Waals surface area contributed by atoms with Gasteiger partial charge in [-0.1, -0.05) is 36.0 Å². The smallest absolute Gasteiger partial charge is 0.333 e. The first-order valence-corrected chi connectivity index (χ1v) is 8.76. The molecule has 3 rings (SSSR count). The van der Waals surface area contributed by atoms with Crippen LogP contribution >= 0.6 is 23.8 Å². The van der Waals surface area contributed by atoms with Crippen molar-refractivity contribution < 1.29 is 17.9 Å². The Hall–Kier alpha value is -1.64. The zero-order valence-electron chi connectivity index (χ0n) is 13.9. The lowest BCUT2D eigenvalue weighted by atomic mass is 9.89. The van der Waals surface area contributed by atoms with Crippen LogP contribution in [0.15, 0.2) is 24.4 Å². The minimum Gasteiger partial charge on any atom is -0.372 e. The van der Waals surface area contributed by atoms with E-state index < -0.39 is 12.1 Å². The highest BCUT2D eigenvalue weighted by atomic mass is 35.5. The Bertz CT molecular complexity index is 830. The van der Waals surface area contributed by atoms with Crippen LogP contribution in [0.4, 0.5) is 13.2 Å². The van der Waals surface area contributed by atoms with Gasteiger partial charge in [0.1, 0.15) is 10.8 Å². The van der Waals surface area contributed by atoms with Gasteiger partial charge >= 0.3 is 6.55 Å². The maximum absolute atomic E-state index is 14.4. The topological polar surface area (TPSA) is 39.1 Å². The molecule has 1 atom stereocenters. The first kappa shape index (κ1) is 19.1. The summed E-state index contributed by atoms with van der Waals surface area (Å²) in [5.74, 6) is -0.364. The van der Waals surface area contributed by atoms with Crippen LogP contribution in [0.1, 0.15) is 30.3 Å². The molecular formula is C17H17ClF3N3OS. The normalized spacial score (nSPS) is 20.5. The molecule has 0 spiro atoms. The molecule has 1 fully saturated rings. The Labute approximate surface area is 159 Å². The van der Waals surface area contributed by atoms with Gasteiger partial charge in [0, 0.05) is 11.8 Å². The van der Waals surface area contributed by atoms with E-state index >= 15 is 0 Å². The van der Waals surface area contributed by atoms with Crippen LogP contribution in [-0.4, -0.2) is 28.0 Å². The zero-order valence-corrected chi connectivity index (χ0v) is 15.5. The molecular weight excluding hydrogens is 387 g/mol. The largest absolute Gasteiger partial charge is 0.372 e. The number of hydrogen-bond donors (Lipinski definition) is 1. The molecule has 26 heavy (non-hydrogen) atoms. The summed E-state index contributed by atoms with van der Waals surface area (Å²) in [6.45, 7) is -0.308. The van der Waals surface area contributed by atoms with Crippen LogP contribution in [-0.2, 0) is 23.1 Å². The Balaban J connectivity index is 1.79. The Morgan fingerprint density at radius 2 is 2.19 bits per heavy atom. The molecule has 4 nitrogen and oxygen atoms in total. The summed E-state index contributed by atoms with van der Waals surface area (Å²) in [6, 6.07) is 4.77. The number of aryl methyl sites for hydroxylation is 2. The number of halogens is 4. The SMILES string of the molecule is C[C@@]1(c2cc(CCc3nn(C(F)F)cc3Cl)ccc2F)COCC(=S)N1. The van der Waals surface area contributed by atoms with Crippen molar-refractivity contribution in [1.82, 2.24) is 15.1 Å². The summed E-state index contributed by atoms with van der Waals surface area (Å²) in [6.07, 6.45) is 1.94. The Morgan fingerprint density at radius 3 is 2.85 bits per heavy atom. The number of thiocarbonyl (C=S) groups is 1. The molecule has 1 aromatic carbocycles. The van der Waals surface area contributed by atoms with Gasteiger partial charge in [0.05, 0.1) is 29.5 Å². The minimum atomic E-state index is -2.74. The number of nitrogens with one attached hydrogen (secondary N) is 1. The molecule has 0 bridgehead atoms. The van der Waals surface area contributed by atoms with Gasteiger partial charge < -0.3 is 10.1 Å². The van der Waals surface area contributed by atoms with Crippen molar-refractivity contribution in [3.05, 3.63) is 52.1 Å². The quantitative estimate of drug-likeness (QED) is 0.765. The number of benzene rings is 1. The van der Waals surface area contributed by atoms with Crippen LogP contribution in [0, 0.1) is 5.82 Å². The molecule has 0 amide bonds. The van der Waals surface area contributed by atoms with E-state index in [1.165, 1.54) is 6.07 Å². The Kier molecular flexibility index (Phi) is 5.55. The molecule has 0 aliphatic carbocycles. The second-order valence-electron chi connectivity index (χ2n) is 6.37. The van der Waals surface area contributed by atoms with Gasteiger partial charge in [0.15, 0.2) is 0 Å². The fraction of sp³-hybridized carbons (Fsp3) is 0.412. The van der Waals surface area contributed by atoms with E-state index in [1.807, 2.05) is 6.92 Å². The maximum atomic E-state index is 14.4. The van der Waals surface area contributed by atoms with E-state index in [4.69, 9.17) is 28.6 Å². The van der Waals surface area contributed by atoms with E-state index in [0.29, 0.717) is 40.4 Å². The molecule has 0 saturated carbocycles. The van der Waals surface area contributed by atoms with Crippen LogP contribution in [0.2, 0.25) is 5.02 Å². The third-order valence-corrected chi connectivity index (χ3v) is 4.81. The lowest BCUT2D eigenvalue weighted by molar-refractivity contribution is 0.0562. The maximum Gasteiger partial charge on any atom is 0.333 e. The molecule has 1 saturated heterocycles. The van der Waals surface area contributed by atoms with E-state index in [0.717, 1.165) is 11.8 Å². The van der Waals surface area contributed by atoms with E-state index in [2.05, 4.69) is 10.4 Å². The van der Waals surface area contributed by atoms with Crippen molar-refractivity contribution in [2.75, 3.05) is 13.2 Å². The lowest BCUT2D eigenvalue weighted by Gasteiger charge is -2.36. The van der Waals surface area contributed by atoms with Crippen LogP contribution < -0.4 is 5.32 Å². The van der Waals surface area contributed by atoms with E-state index in [9.17, 15) is 13.2 Å². The third-order valence-electron chi connectivity index (χ3n) is 4.27. The molecule has 0 unspecified atom stereocenters.